The molecule has 0 spiro atoms. The van der Waals surface area contributed by atoms with Crippen molar-refractivity contribution in [1.82, 2.24) is 15.1 Å². The highest BCUT2D eigenvalue weighted by atomic mass is 19.3. The lowest BCUT2D eigenvalue weighted by atomic mass is 9.96. The van der Waals surface area contributed by atoms with Crippen LogP contribution in [0.5, 0.6) is 0 Å². The molecule has 2 N–H and O–H groups in total. The van der Waals surface area contributed by atoms with Gasteiger partial charge >= 0.3 is 0 Å². The van der Waals surface area contributed by atoms with Gasteiger partial charge in [0.2, 0.25) is 5.91 Å². The zero-order chi connectivity index (χ0) is 17.8. The Labute approximate surface area is 145 Å². The Kier molecular flexibility index (Phi) is 5.43. The van der Waals surface area contributed by atoms with Gasteiger partial charge in [0, 0.05) is 13.1 Å². The van der Waals surface area contributed by atoms with Gasteiger partial charge in [-0.05, 0) is 31.9 Å². The van der Waals surface area contributed by atoms with Crippen LogP contribution in [0, 0.1) is 12.8 Å². The number of aromatic amines is 1. The van der Waals surface area contributed by atoms with Crippen LogP contribution in [0.1, 0.15) is 36.2 Å². The monoisotopic (exact) mass is 348 g/mol. The highest BCUT2D eigenvalue weighted by Gasteiger charge is 2.28. The summed E-state index contributed by atoms with van der Waals surface area (Å²) in [5.74, 6) is -0.429. The summed E-state index contributed by atoms with van der Waals surface area (Å²) in [6.07, 6.45) is -1.05. The smallest absolute Gasteiger partial charge is 0.284 e. The van der Waals surface area contributed by atoms with E-state index in [1.807, 2.05) is 18.2 Å². The fourth-order valence-electron chi connectivity index (χ4n) is 3.24. The van der Waals surface area contributed by atoms with E-state index in [0.29, 0.717) is 12.2 Å². The maximum absolute atomic E-state index is 13.0. The van der Waals surface area contributed by atoms with Crippen molar-refractivity contribution in [3.63, 3.8) is 0 Å². The second-order valence-corrected chi connectivity index (χ2v) is 6.46. The molecule has 1 saturated heterocycles. The number of halogens is 2. The predicted molar refractivity (Wildman–Crippen MR) is 91.4 cm³/mol. The first kappa shape index (κ1) is 17.5. The van der Waals surface area contributed by atoms with Crippen LogP contribution >= 0.6 is 0 Å². The largest absolute Gasteiger partial charge is 0.323 e. The van der Waals surface area contributed by atoms with Gasteiger partial charge in [-0.3, -0.25) is 14.8 Å². The Morgan fingerprint density at radius 2 is 2.16 bits per heavy atom. The molecule has 0 radical (unpaired) electrons. The Balaban J connectivity index is 1.63. The molecule has 1 fully saturated rings. The van der Waals surface area contributed by atoms with Gasteiger partial charge in [-0.2, -0.15) is 5.10 Å². The number of aromatic nitrogens is 2. The zero-order valence-electron chi connectivity index (χ0n) is 14.1. The average molecular weight is 348 g/mol. The van der Waals surface area contributed by atoms with E-state index in [0.717, 1.165) is 25.9 Å². The van der Waals surface area contributed by atoms with Crippen LogP contribution in [0.4, 0.5) is 14.5 Å². The summed E-state index contributed by atoms with van der Waals surface area (Å²) in [6.45, 7) is 3.97. The molecule has 0 aliphatic carbocycles. The second kappa shape index (κ2) is 7.74. The number of carbonyl (C=O) groups is 1. The number of nitrogens with zero attached hydrogens (tertiary/aromatic N) is 2. The number of benzene rings is 1. The Morgan fingerprint density at radius 1 is 1.40 bits per heavy atom. The number of nitrogens with one attached hydrogen (secondary N) is 2. The molecule has 3 rings (SSSR count). The number of carbonyl (C=O) groups excluding carboxylic acids is 1. The molecular formula is C18H22F2N4O. The van der Waals surface area contributed by atoms with Crippen LogP contribution in [-0.4, -0.2) is 34.1 Å². The minimum absolute atomic E-state index is 0.111. The van der Waals surface area contributed by atoms with Gasteiger partial charge in [-0.1, -0.05) is 30.3 Å². The van der Waals surface area contributed by atoms with Crippen LogP contribution in [0.25, 0.3) is 0 Å². The van der Waals surface area contributed by atoms with Crippen molar-refractivity contribution in [2.75, 3.05) is 18.4 Å². The first-order valence-corrected chi connectivity index (χ1v) is 8.44. The van der Waals surface area contributed by atoms with E-state index < -0.39 is 12.1 Å². The van der Waals surface area contributed by atoms with E-state index in [1.54, 1.807) is 6.92 Å². The van der Waals surface area contributed by atoms with Crippen molar-refractivity contribution < 1.29 is 13.6 Å². The number of anilines is 1. The number of H-pyrrole nitrogens is 1. The SMILES string of the molecule is Cc1[nH]nc(C(F)F)c1NC(=O)C1CCCN(Cc2ccccc2)C1. The molecule has 25 heavy (non-hydrogen) atoms. The number of hydrogen-bond donors (Lipinski definition) is 2. The normalized spacial score (nSPS) is 18.5. The zero-order valence-corrected chi connectivity index (χ0v) is 14.1. The van der Waals surface area contributed by atoms with Gasteiger partial charge in [0.1, 0.15) is 0 Å². The molecule has 1 aliphatic heterocycles. The van der Waals surface area contributed by atoms with Gasteiger partial charge in [0.15, 0.2) is 5.69 Å². The second-order valence-electron chi connectivity index (χ2n) is 6.46. The molecular weight excluding hydrogens is 326 g/mol. The van der Waals surface area contributed by atoms with E-state index in [1.165, 1.54) is 5.56 Å². The van der Waals surface area contributed by atoms with Gasteiger partial charge in [0.25, 0.3) is 6.43 Å². The molecule has 1 unspecified atom stereocenters. The highest BCUT2D eigenvalue weighted by Crippen LogP contribution is 2.28. The molecule has 134 valence electrons. The number of alkyl halides is 2. The van der Waals surface area contributed by atoms with Crippen molar-refractivity contribution >= 4 is 11.6 Å². The van der Waals surface area contributed by atoms with Crippen molar-refractivity contribution in [3.05, 3.63) is 47.3 Å². The topological polar surface area (TPSA) is 61.0 Å². The Morgan fingerprint density at radius 3 is 2.88 bits per heavy atom. The quantitative estimate of drug-likeness (QED) is 0.869. The first-order chi connectivity index (χ1) is 12.0. The maximum atomic E-state index is 13.0. The van der Waals surface area contributed by atoms with Crippen molar-refractivity contribution in [3.8, 4) is 0 Å². The van der Waals surface area contributed by atoms with Gasteiger partial charge in [-0.15, -0.1) is 0 Å². The van der Waals surface area contributed by atoms with E-state index >= 15 is 0 Å². The molecule has 5 nitrogen and oxygen atoms in total. The maximum Gasteiger partial charge on any atom is 0.284 e. The van der Waals surface area contributed by atoms with E-state index in [9.17, 15) is 13.6 Å². The first-order valence-electron chi connectivity index (χ1n) is 8.44. The molecule has 2 heterocycles. The van der Waals surface area contributed by atoms with E-state index in [2.05, 4.69) is 32.5 Å². The van der Waals surface area contributed by atoms with Gasteiger partial charge < -0.3 is 5.32 Å². The molecule has 2 aromatic rings. The molecule has 1 aromatic carbocycles. The molecule has 0 bridgehead atoms. The predicted octanol–water partition coefficient (Wildman–Crippen LogP) is 3.51. The molecule has 1 amide bonds. The van der Waals surface area contributed by atoms with Crippen LogP contribution in [-0.2, 0) is 11.3 Å². The minimum Gasteiger partial charge on any atom is -0.323 e. The lowest BCUT2D eigenvalue weighted by Crippen LogP contribution is -2.40. The van der Waals surface area contributed by atoms with Crippen LogP contribution in [0.2, 0.25) is 0 Å². The van der Waals surface area contributed by atoms with Crippen LogP contribution < -0.4 is 5.32 Å². The third-order valence-electron chi connectivity index (χ3n) is 4.56. The van der Waals surface area contributed by atoms with E-state index in [4.69, 9.17) is 0 Å². The third kappa shape index (κ3) is 4.22. The lowest BCUT2D eigenvalue weighted by Gasteiger charge is -2.32. The Hall–Kier alpha value is -2.28. The molecule has 1 aliphatic rings. The summed E-state index contributed by atoms with van der Waals surface area (Å²) >= 11 is 0. The molecule has 1 atom stereocenters. The fraction of sp³-hybridized carbons (Fsp3) is 0.444. The minimum atomic E-state index is -2.72. The Bertz CT molecular complexity index is 717. The number of rotatable bonds is 5. The molecule has 7 heteroatoms. The molecule has 1 aromatic heterocycles. The number of piperidine rings is 1. The van der Waals surface area contributed by atoms with Gasteiger partial charge in [-0.25, -0.2) is 8.78 Å². The van der Waals surface area contributed by atoms with Crippen molar-refractivity contribution in [1.29, 1.82) is 0 Å². The third-order valence-corrected chi connectivity index (χ3v) is 4.56. The summed E-state index contributed by atoms with van der Waals surface area (Å²) in [7, 11) is 0. The van der Waals surface area contributed by atoms with Gasteiger partial charge in [0.05, 0.1) is 17.3 Å². The van der Waals surface area contributed by atoms with Crippen molar-refractivity contribution in [2.24, 2.45) is 5.92 Å². The summed E-state index contributed by atoms with van der Waals surface area (Å²) in [5, 5.41) is 8.75. The van der Waals surface area contributed by atoms with Crippen LogP contribution in [0.15, 0.2) is 30.3 Å². The average Bonchev–Trinajstić information content (AvgIpc) is 2.97. The number of likely N-dealkylation sites (tertiary alicyclic amines) is 1. The lowest BCUT2D eigenvalue weighted by molar-refractivity contribution is -0.121. The number of aryl methyl sites for hydroxylation is 1. The molecule has 0 saturated carbocycles. The van der Waals surface area contributed by atoms with Crippen molar-refractivity contribution in [2.45, 2.75) is 32.7 Å². The summed E-state index contributed by atoms with van der Waals surface area (Å²) < 4.78 is 26.0. The standard InChI is InChI=1S/C18H22F2N4O/c1-12-15(16(17(19)20)23-22-12)21-18(25)14-8-5-9-24(11-14)10-13-6-3-2-4-7-13/h2-4,6-7,14,17H,5,8-11H2,1H3,(H,21,25)(H,22,23). The fourth-order valence-corrected chi connectivity index (χ4v) is 3.24. The number of amides is 1. The number of hydrogen-bond acceptors (Lipinski definition) is 3. The summed E-state index contributed by atoms with van der Waals surface area (Å²) in [4.78, 5) is 14.8. The summed E-state index contributed by atoms with van der Waals surface area (Å²) in [5.41, 5.74) is 1.36. The highest BCUT2D eigenvalue weighted by molar-refractivity contribution is 5.93. The summed E-state index contributed by atoms with van der Waals surface area (Å²) in [6, 6.07) is 10.1. The van der Waals surface area contributed by atoms with Crippen LogP contribution in [0.3, 0.4) is 0 Å². The van der Waals surface area contributed by atoms with E-state index in [-0.39, 0.29) is 17.5 Å².